The Balaban J connectivity index is 2.73. The van der Waals surface area contributed by atoms with E-state index in [2.05, 4.69) is 9.84 Å². The lowest BCUT2D eigenvalue weighted by Gasteiger charge is -2.06. The maximum Gasteiger partial charge on any atom is 0.347 e. The molecule has 0 aliphatic rings. The first-order valence-corrected chi connectivity index (χ1v) is 3.95. The van der Waals surface area contributed by atoms with Crippen molar-refractivity contribution in [3.05, 3.63) is 18.0 Å². The second-order valence-corrected chi connectivity index (χ2v) is 2.49. The molecule has 0 amide bonds. The second kappa shape index (κ2) is 4.02. The summed E-state index contributed by atoms with van der Waals surface area (Å²) in [5.41, 5.74) is 0.207. The Morgan fingerprint density at radius 1 is 1.85 bits per heavy atom. The molecule has 1 aromatic heterocycles. The fourth-order valence-corrected chi connectivity index (χ4v) is 0.969. The first kappa shape index (κ1) is 9.70. The third-order valence-electron chi connectivity index (χ3n) is 1.61. The molecule has 0 saturated heterocycles. The van der Waals surface area contributed by atoms with Crippen LogP contribution in [-0.4, -0.2) is 22.4 Å². The molecule has 5 heteroatoms. The highest BCUT2D eigenvalue weighted by molar-refractivity contribution is 5.75. The molecule has 1 rings (SSSR count). The van der Waals surface area contributed by atoms with Crippen molar-refractivity contribution in [1.82, 2.24) is 9.78 Å². The number of hydrogen-bond acceptors (Lipinski definition) is 3. The maximum absolute atomic E-state index is 13.3. The number of aryl methyl sites for hydroxylation is 1. The number of alkyl halides is 1. The third kappa shape index (κ3) is 2.05. The van der Waals surface area contributed by atoms with Gasteiger partial charge in [0.1, 0.15) is 0 Å². The quantitative estimate of drug-likeness (QED) is 0.661. The van der Waals surface area contributed by atoms with E-state index in [9.17, 15) is 9.18 Å². The van der Waals surface area contributed by atoms with Crippen LogP contribution in [0.4, 0.5) is 4.39 Å². The maximum atomic E-state index is 13.3. The fraction of sp³-hybridized carbons (Fsp3) is 0.500. The molecule has 0 spiro atoms. The number of esters is 1. The highest BCUT2D eigenvalue weighted by Gasteiger charge is 2.23. The Bertz CT molecular complexity index is 298. The topological polar surface area (TPSA) is 44.1 Å². The van der Waals surface area contributed by atoms with Crippen molar-refractivity contribution < 1.29 is 13.9 Å². The second-order valence-electron chi connectivity index (χ2n) is 2.49. The van der Waals surface area contributed by atoms with Gasteiger partial charge in [-0.25, -0.2) is 9.18 Å². The van der Waals surface area contributed by atoms with E-state index in [1.54, 1.807) is 14.0 Å². The number of ether oxygens (including phenoxy) is 1. The number of nitrogens with zero attached hydrogens (tertiary/aromatic N) is 2. The molecule has 0 fully saturated rings. The fourth-order valence-electron chi connectivity index (χ4n) is 0.969. The van der Waals surface area contributed by atoms with E-state index in [0.29, 0.717) is 0 Å². The number of rotatable bonds is 3. The molecular formula is C8H11FN2O2. The van der Waals surface area contributed by atoms with Gasteiger partial charge in [-0.3, -0.25) is 4.68 Å². The van der Waals surface area contributed by atoms with Gasteiger partial charge in [0.15, 0.2) is 0 Å². The van der Waals surface area contributed by atoms with Crippen LogP contribution in [-0.2, 0) is 16.6 Å². The van der Waals surface area contributed by atoms with Crippen molar-refractivity contribution in [2.45, 2.75) is 13.1 Å². The summed E-state index contributed by atoms with van der Waals surface area (Å²) in [6.07, 6.45) is -0.311. The van der Waals surface area contributed by atoms with E-state index >= 15 is 0 Å². The van der Waals surface area contributed by atoms with Crippen LogP contribution in [0.5, 0.6) is 0 Å². The molecule has 0 aliphatic carbocycles. The predicted molar refractivity (Wildman–Crippen MR) is 43.7 cm³/mol. The summed E-state index contributed by atoms with van der Waals surface area (Å²) in [4.78, 5) is 11.0. The van der Waals surface area contributed by atoms with Crippen molar-refractivity contribution >= 4 is 5.97 Å². The van der Waals surface area contributed by atoms with Gasteiger partial charge in [0.25, 0.3) is 0 Å². The van der Waals surface area contributed by atoms with Gasteiger partial charge >= 0.3 is 5.97 Å². The van der Waals surface area contributed by atoms with Gasteiger partial charge in [-0.05, 0) is 13.0 Å². The Hall–Kier alpha value is -1.39. The molecule has 0 aliphatic heterocycles. The first-order chi connectivity index (χ1) is 6.16. The van der Waals surface area contributed by atoms with E-state index in [0.717, 1.165) is 0 Å². The van der Waals surface area contributed by atoms with Crippen LogP contribution in [0.15, 0.2) is 12.3 Å². The van der Waals surface area contributed by atoms with E-state index in [-0.39, 0.29) is 12.3 Å². The zero-order chi connectivity index (χ0) is 9.84. The van der Waals surface area contributed by atoms with Gasteiger partial charge in [0.05, 0.1) is 12.3 Å². The van der Waals surface area contributed by atoms with Crippen LogP contribution >= 0.6 is 0 Å². The molecule has 1 unspecified atom stereocenters. The predicted octanol–water partition coefficient (Wildman–Crippen LogP) is 0.994. The molecular weight excluding hydrogens is 175 g/mol. The lowest BCUT2D eigenvalue weighted by atomic mass is 10.3. The minimum absolute atomic E-state index is 0.178. The Labute approximate surface area is 75.3 Å². The summed E-state index contributed by atoms with van der Waals surface area (Å²) < 4.78 is 19.1. The van der Waals surface area contributed by atoms with Gasteiger partial charge in [0, 0.05) is 13.2 Å². The first-order valence-electron chi connectivity index (χ1n) is 3.95. The van der Waals surface area contributed by atoms with Crippen LogP contribution in [0.2, 0.25) is 0 Å². The average Bonchev–Trinajstić information content (AvgIpc) is 2.50. The largest absolute Gasteiger partial charge is 0.464 e. The molecule has 4 nitrogen and oxygen atoms in total. The smallest absolute Gasteiger partial charge is 0.347 e. The summed E-state index contributed by atoms with van der Waals surface area (Å²) in [6, 6.07) is 1.45. The molecule has 1 aromatic rings. The zero-order valence-electron chi connectivity index (χ0n) is 7.53. The van der Waals surface area contributed by atoms with Gasteiger partial charge in [-0.1, -0.05) is 0 Å². The normalized spacial score (nSPS) is 12.5. The third-order valence-corrected chi connectivity index (χ3v) is 1.61. The van der Waals surface area contributed by atoms with E-state index in [1.807, 2.05) is 0 Å². The summed E-state index contributed by atoms with van der Waals surface area (Å²) in [5.74, 6) is -0.869. The van der Waals surface area contributed by atoms with E-state index in [4.69, 9.17) is 0 Å². The number of aromatic nitrogens is 2. The lowest BCUT2D eigenvalue weighted by molar-refractivity contribution is -0.149. The molecule has 72 valence electrons. The van der Waals surface area contributed by atoms with Crippen LogP contribution < -0.4 is 0 Å². The lowest BCUT2D eigenvalue weighted by Crippen LogP contribution is -2.14. The summed E-state index contributed by atoms with van der Waals surface area (Å²) in [6.45, 7) is 1.81. The minimum Gasteiger partial charge on any atom is -0.464 e. The minimum atomic E-state index is -1.74. The Morgan fingerprint density at radius 2 is 2.54 bits per heavy atom. The highest BCUT2D eigenvalue weighted by atomic mass is 19.1. The summed E-state index contributed by atoms with van der Waals surface area (Å²) in [7, 11) is 1.57. The Morgan fingerprint density at radius 3 is 3.00 bits per heavy atom. The van der Waals surface area contributed by atoms with Crippen LogP contribution in [0, 0.1) is 0 Å². The molecule has 13 heavy (non-hydrogen) atoms. The van der Waals surface area contributed by atoms with E-state index < -0.39 is 12.1 Å². The van der Waals surface area contributed by atoms with Crippen molar-refractivity contribution in [2.75, 3.05) is 6.61 Å². The summed E-state index contributed by atoms with van der Waals surface area (Å²) in [5, 5.41) is 3.75. The van der Waals surface area contributed by atoms with Crippen LogP contribution in [0.1, 0.15) is 18.8 Å². The molecule has 0 radical (unpaired) electrons. The molecule has 1 heterocycles. The SMILES string of the molecule is CCOC(=O)C(F)c1ccnn1C. The van der Waals surface area contributed by atoms with E-state index in [1.165, 1.54) is 16.9 Å². The Kier molecular flexibility index (Phi) is 3.00. The van der Waals surface area contributed by atoms with Gasteiger partial charge in [0.2, 0.25) is 6.17 Å². The van der Waals surface area contributed by atoms with Crippen LogP contribution in [0.3, 0.4) is 0 Å². The number of halogens is 1. The molecule has 0 N–H and O–H groups in total. The van der Waals surface area contributed by atoms with Crippen LogP contribution in [0.25, 0.3) is 0 Å². The van der Waals surface area contributed by atoms with Crippen molar-refractivity contribution in [3.63, 3.8) is 0 Å². The number of hydrogen-bond donors (Lipinski definition) is 0. The number of carbonyl (C=O) groups is 1. The molecule has 0 bridgehead atoms. The van der Waals surface area contributed by atoms with Crippen molar-refractivity contribution in [1.29, 1.82) is 0 Å². The zero-order valence-corrected chi connectivity index (χ0v) is 7.53. The molecule has 1 atom stereocenters. The molecule has 0 saturated carbocycles. The van der Waals surface area contributed by atoms with Gasteiger partial charge < -0.3 is 4.74 Å². The van der Waals surface area contributed by atoms with Crippen molar-refractivity contribution in [3.8, 4) is 0 Å². The van der Waals surface area contributed by atoms with Crippen molar-refractivity contribution in [2.24, 2.45) is 7.05 Å². The van der Waals surface area contributed by atoms with Gasteiger partial charge in [-0.15, -0.1) is 0 Å². The number of carbonyl (C=O) groups excluding carboxylic acids is 1. The standard InChI is InChI=1S/C8H11FN2O2/c1-3-13-8(12)7(9)6-4-5-10-11(6)2/h4-5,7H,3H2,1-2H3. The van der Waals surface area contributed by atoms with Gasteiger partial charge in [-0.2, -0.15) is 5.10 Å². The average molecular weight is 186 g/mol. The highest BCUT2D eigenvalue weighted by Crippen LogP contribution is 2.17. The monoisotopic (exact) mass is 186 g/mol. The summed E-state index contributed by atoms with van der Waals surface area (Å²) >= 11 is 0. The molecule has 0 aromatic carbocycles.